The highest BCUT2D eigenvalue weighted by Crippen LogP contribution is 2.25. The summed E-state index contributed by atoms with van der Waals surface area (Å²) < 4.78 is 5.26. The summed E-state index contributed by atoms with van der Waals surface area (Å²) in [5, 5.41) is 5.09. The van der Waals surface area contributed by atoms with Gasteiger partial charge in [-0.3, -0.25) is 4.99 Å². The van der Waals surface area contributed by atoms with Crippen LogP contribution in [0.25, 0.3) is 0 Å². The van der Waals surface area contributed by atoms with Crippen molar-refractivity contribution in [1.29, 1.82) is 0 Å². The third-order valence-corrected chi connectivity index (χ3v) is 3.35. The molecule has 0 spiro atoms. The number of rotatable bonds is 6. The lowest BCUT2D eigenvalue weighted by Crippen LogP contribution is -2.24. The van der Waals surface area contributed by atoms with Crippen molar-refractivity contribution in [3.05, 3.63) is 0 Å². The molecule has 1 N–H and O–H groups in total. The molecule has 0 radical (unpaired) electrons. The van der Waals surface area contributed by atoms with Gasteiger partial charge in [0.1, 0.15) is 0 Å². The van der Waals surface area contributed by atoms with Crippen LogP contribution < -0.4 is 5.32 Å². The molecule has 0 saturated carbocycles. The van der Waals surface area contributed by atoms with Crippen LogP contribution in [0.5, 0.6) is 0 Å². The average Bonchev–Trinajstić information content (AvgIpc) is 2.59. The second kappa shape index (κ2) is 7.12. The van der Waals surface area contributed by atoms with Gasteiger partial charge in [0.05, 0.1) is 13.2 Å². The van der Waals surface area contributed by atoms with Crippen molar-refractivity contribution in [2.75, 3.05) is 26.3 Å². The average molecular weight is 230 g/mol. The topological polar surface area (TPSA) is 33.6 Å². The van der Waals surface area contributed by atoms with Crippen LogP contribution in [0.1, 0.15) is 27.2 Å². The maximum absolute atomic E-state index is 5.26. The van der Waals surface area contributed by atoms with E-state index in [4.69, 9.17) is 4.74 Å². The predicted molar refractivity (Wildman–Crippen MR) is 67.6 cm³/mol. The van der Waals surface area contributed by atoms with Gasteiger partial charge in [-0.25, -0.2) is 0 Å². The lowest BCUT2D eigenvalue weighted by molar-refractivity contribution is 0.153. The first-order chi connectivity index (χ1) is 7.22. The molecule has 0 bridgehead atoms. The molecule has 1 atom stereocenters. The van der Waals surface area contributed by atoms with Crippen LogP contribution in [0, 0.1) is 5.92 Å². The molecule has 0 amide bonds. The van der Waals surface area contributed by atoms with E-state index in [0.717, 1.165) is 37.4 Å². The smallest absolute Gasteiger partial charge is 0.157 e. The Kier molecular flexibility index (Phi) is 6.10. The number of amidine groups is 1. The van der Waals surface area contributed by atoms with E-state index in [2.05, 4.69) is 24.2 Å². The predicted octanol–water partition coefficient (Wildman–Crippen LogP) is 2.13. The van der Waals surface area contributed by atoms with Crippen molar-refractivity contribution < 1.29 is 4.74 Å². The quantitative estimate of drug-likeness (QED) is 0.710. The summed E-state index contributed by atoms with van der Waals surface area (Å²) in [7, 11) is 0. The highest BCUT2D eigenvalue weighted by atomic mass is 32.2. The fraction of sp³-hybridized carbons (Fsp3) is 0.909. The van der Waals surface area contributed by atoms with E-state index in [9.17, 15) is 0 Å². The fourth-order valence-corrected chi connectivity index (χ4v) is 2.82. The van der Waals surface area contributed by atoms with Crippen molar-refractivity contribution in [3.63, 3.8) is 0 Å². The first kappa shape index (κ1) is 12.8. The lowest BCUT2D eigenvalue weighted by Gasteiger charge is -2.11. The Morgan fingerprint density at radius 2 is 2.40 bits per heavy atom. The van der Waals surface area contributed by atoms with Gasteiger partial charge in [-0.05, 0) is 19.3 Å². The molecule has 15 heavy (non-hydrogen) atoms. The molecule has 0 aromatic carbocycles. The molecule has 88 valence electrons. The molecule has 3 nitrogen and oxygen atoms in total. The number of aliphatic imine (C=N–C) groups is 1. The first-order valence-electron chi connectivity index (χ1n) is 5.75. The van der Waals surface area contributed by atoms with Gasteiger partial charge >= 0.3 is 0 Å². The Labute approximate surface area is 97.1 Å². The Balaban J connectivity index is 2.07. The molecular weight excluding hydrogens is 208 g/mol. The van der Waals surface area contributed by atoms with Crippen LogP contribution in [0.3, 0.4) is 0 Å². The van der Waals surface area contributed by atoms with Crippen LogP contribution in [-0.4, -0.2) is 36.7 Å². The summed E-state index contributed by atoms with van der Waals surface area (Å²) in [5.41, 5.74) is 0. The van der Waals surface area contributed by atoms with Crippen LogP contribution in [0.2, 0.25) is 0 Å². The number of nitrogens with one attached hydrogen (secondary N) is 1. The molecule has 0 fully saturated rings. The number of ether oxygens (including phenoxy) is 1. The van der Waals surface area contributed by atoms with Crippen LogP contribution >= 0.6 is 11.8 Å². The zero-order valence-corrected chi connectivity index (χ0v) is 10.8. The first-order valence-corrected chi connectivity index (χ1v) is 6.63. The number of hydrogen-bond acceptors (Lipinski definition) is 4. The molecular formula is C11H22N2OS. The van der Waals surface area contributed by atoms with Crippen LogP contribution in [0.15, 0.2) is 4.99 Å². The third-order valence-electron chi connectivity index (χ3n) is 2.18. The largest absolute Gasteiger partial charge is 0.380 e. The zero-order valence-electron chi connectivity index (χ0n) is 9.95. The number of thioether (sulfide) groups is 1. The fourth-order valence-electron chi connectivity index (χ4n) is 1.54. The maximum Gasteiger partial charge on any atom is 0.157 e. The summed E-state index contributed by atoms with van der Waals surface area (Å²) in [4.78, 5) is 4.48. The molecule has 0 saturated heterocycles. The summed E-state index contributed by atoms with van der Waals surface area (Å²) in [6.45, 7) is 9.94. The SMILES string of the molecule is CCOCCNC1=NCC(CC(C)C)S1. The van der Waals surface area contributed by atoms with Crippen LogP contribution in [0.4, 0.5) is 0 Å². The zero-order chi connectivity index (χ0) is 11.1. The van der Waals surface area contributed by atoms with Gasteiger partial charge in [-0.15, -0.1) is 0 Å². The van der Waals surface area contributed by atoms with Gasteiger partial charge in [0.15, 0.2) is 5.17 Å². The standard InChI is InChI=1S/C11H22N2OS/c1-4-14-6-5-12-11-13-8-10(15-11)7-9(2)3/h9-10H,4-8H2,1-3H3,(H,12,13). The molecule has 0 aromatic heterocycles. The van der Waals surface area contributed by atoms with E-state index < -0.39 is 0 Å². The molecule has 1 unspecified atom stereocenters. The minimum Gasteiger partial charge on any atom is -0.380 e. The van der Waals surface area contributed by atoms with Gasteiger partial charge in [0, 0.05) is 18.4 Å². The number of nitrogens with zero attached hydrogens (tertiary/aromatic N) is 1. The van der Waals surface area contributed by atoms with E-state index >= 15 is 0 Å². The van der Waals surface area contributed by atoms with Gasteiger partial charge in [-0.1, -0.05) is 25.6 Å². The summed E-state index contributed by atoms with van der Waals surface area (Å²) in [5.74, 6) is 0.764. The van der Waals surface area contributed by atoms with Crippen molar-refractivity contribution in [2.24, 2.45) is 10.9 Å². The van der Waals surface area contributed by atoms with E-state index in [-0.39, 0.29) is 0 Å². The molecule has 1 rings (SSSR count). The van der Waals surface area contributed by atoms with Gasteiger partial charge in [-0.2, -0.15) is 0 Å². The normalized spacial score (nSPS) is 20.8. The number of hydrogen-bond donors (Lipinski definition) is 1. The van der Waals surface area contributed by atoms with Gasteiger partial charge < -0.3 is 10.1 Å². The summed E-state index contributed by atoms with van der Waals surface area (Å²) in [6, 6.07) is 0. The van der Waals surface area contributed by atoms with Crippen molar-refractivity contribution >= 4 is 16.9 Å². The van der Waals surface area contributed by atoms with E-state index in [1.165, 1.54) is 6.42 Å². The Morgan fingerprint density at radius 3 is 3.07 bits per heavy atom. The van der Waals surface area contributed by atoms with Gasteiger partial charge in [0.2, 0.25) is 0 Å². The molecule has 0 aromatic rings. The molecule has 1 heterocycles. The minimum absolute atomic E-state index is 0.680. The van der Waals surface area contributed by atoms with Crippen molar-refractivity contribution in [2.45, 2.75) is 32.4 Å². The van der Waals surface area contributed by atoms with Crippen molar-refractivity contribution in [3.8, 4) is 0 Å². The third kappa shape index (κ3) is 5.42. The lowest BCUT2D eigenvalue weighted by atomic mass is 10.1. The second-order valence-electron chi connectivity index (χ2n) is 4.14. The van der Waals surface area contributed by atoms with E-state index in [1.807, 2.05) is 18.7 Å². The Morgan fingerprint density at radius 1 is 1.60 bits per heavy atom. The molecule has 4 heteroatoms. The summed E-state index contributed by atoms with van der Waals surface area (Å²) >= 11 is 1.88. The molecule has 1 aliphatic rings. The van der Waals surface area contributed by atoms with E-state index in [1.54, 1.807) is 0 Å². The Bertz CT molecular complexity index is 207. The monoisotopic (exact) mass is 230 g/mol. The highest BCUT2D eigenvalue weighted by Gasteiger charge is 2.19. The molecule has 0 aliphatic carbocycles. The molecule has 1 aliphatic heterocycles. The van der Waals surface area contributed by atoms with Gasteiger partial charge in [0.25, 0.3) is 0 Å². The second-order valence-corrected chi connectivity index (χ2v) is 5.43. The van der Waals surface area contributed by atoms with Crippen LogP contribution in [-0.2, 0) is 4.74 Å². The minimum atomic E-state index is 0.680. The summed E-state index contributed by atoms with van der Waals surface area (Å²) in [6.07, 6.45) is 1.25. The van der Waals surface area contributed by atoms with E-state index in [0.29, 0.717) is 5.25 Å². The maximum atomic E-state index is 5.26. The Hall–Kier alpha value is -0.220. The highest BCUT2D eigenvalue weighted by molar-refractivity contribution is 8.14. The van der Waals surface area contributed by atoms with Crippen molar-refractivity contribution in [1.82, 2.24) is 5.32 Å².